The average Bonchev–Trinajstić information content (AvgIpc) is 2.80. The van der Waals surface area contributed by atoms with E-state index in [-0.39, 0.29) is 11.2 Å². The van der Waals surface area contributed by atoms with Gasteiger partial charge < -0.3 is 9.55 Å². The summed E-state index contributed by atoms with van der Waals surface area (Å²) >= 11 is 5.33. The molecule has 1 aromatic carbocycles. The second-order valence-corrected chi connectivity index (χ2v) is 5.80. The maximum absolute atomic E-state index is 12.5. The summed E-state index contributed by atoms with van der Waals surface area (Å²) in [6.45, 7) is 2.49. The van der Waals surface area contributed by atoms with Gasteiger partial charge in [-0.1, -0.05) is 29.8 Å². The van der Waals surface area contributed by atoms with Crippen molar-refractivity contribution in [2.45, 2.75) is 13.5 Å². The highest BCUT2D eigenvalue weighted by Crippen LogP contribution is 2.12. The zero-order chi connectivity index (χ0) is 16.0. The van der Waals surface area contributed by atoms with E-state index in [0.717, 1.165) is 15.7 Å². The third-order valence-corrected chi connectivity index (χ3v) is 4.13. The molecule has 114 valence electrons. The largest absolute Gasteiger partial charge is 0.332 e. The Bertz CT molecular complexity index is 1050. The molecule has 3 aromatic rings. The third-order valence-electron chi connectivity index (χ3n) is 3.80. The molecule has 6 nitrogen and oxygen atoms in total. The zero-order valence-corrected chi connectivity index (χ0v) is 13.4. The Kier molecular flexibility index (Phi) is 3.37. The lowest BCUT2D eigenvalue weighted by Gasteiger charge is -2.07. The molecule has 0 fully saturated rings. The number of benzene rings is 1. The van der Waals surface area contributed by atoms with Crippen LogP contribution in [-0.2, 0) is 20.6 Å². The van der Waals surface area contributed by atoms with Crippen molar-refractivity contribution in [3.05, 3.63) is 61.0 Å². The van der Waals surface area contributed by atoms with Gasteiger partial charge in [0.25, 0.3) is 5.56 Å². The molecular formula is C15H16N4O2S. The molecule has 0 saturated heterocycles. The fourth-order valence-electron chi connectivity index (χ4n) is 2.63. The van der Waals surface area contributed by atoms with Gasteiger partial charge in [0.05, 0.1) is 6.54 Å². The van der Waals surface area contributed by atoms with E-state index in [9.17, 15) is 9.59 Å². The first-order valence-electron chi connectivity index (χ1n) is 6.84. The SMILES string of the molecule is Cc1cccc(Cn2c(=S)[nH]c3c2c(=O)n(C)c(=O)n3C)c1. The standard InChI is InChI=1S/C15H16N4O2S/c1-9-5-4-6-10(7-9)8-19-11-12(16-14(19)22)17(2)15(21)18(3)13(11)20/h4-7H,8H2,1-3H3,(H,16,22). The number of imidazole rings is 1. The smallest absolute Gasteiger partial charge is 0.316 e. The minimum absolute atomic E-state index is 0.349. The highest BCUT2D eigenvalue weighted by atomic mass is 32.1. The molecule has 2 heterocycles. The third kappa shape index (κ3) is 2.14. The molecule has 0 radical (unpaired) electrons. The van der Waals surface area contributed by atoms with Crippen molar-refractivity contribution in [3.63, 3.8) is 0 Å². The first kappa shape index (κ1) is 14.5. The molecule has 0 aliphatic rings. The van der Waals surface area contributed by atoms with E-state index >= 15 is 0 Å². The van der Waals surface area contributed by atoms with Crippen molar-refractivity contribution < 1.29 is 0 Å². The lowest BCUT2D eigenvalue weighted by atomic mass is 10.1. The summed E-state index contributed by atoms with van der Waals surface area (Å²) in [5.41, 5.74) is 2.33. The van der Waals surface area contributed by atoms with Crippen molar-refractivity contribution in [3.8, 4) is 0 Å². The maximum Gasteiger partial charge on any atom is 0.332 e. The summed E-state index contributed by atoms with van der Waals surface area (Å²) in [5.74, 6) is 0. The monoisotopic (exact) mass is 316 g/mol. The molecule has 0 amide bonds. The minimum Gasteiger partial charge on any atom is -0.316 e. The number of fused-ring (bicyclic) bond motifs is 1. The van der Waals surface area contributed by atoms with Gasteiger partial charge in [0.1, 0.15) is 5.65 Å². The first-order valence-corrected chi connectivity index (χ1v) is 7.25. The van der Waals surface area contributed by atoms with Crippen molar-refractivity contribution in [2.75, 3.05) is 0 Å². The molecule has 1 N–H and O–H groups in total. The number of rotatable bonds is 2. The van der Waals surface area contributed by atoms with Crippen LogP contribution < -0.4 is 11.2 Å². The molecule has 0 aliphatic carbocycles. The minimum atomic E-state index is -0.378. The number of hydrogen-bond donors (Lipinski definition) is 1. The Hall–Kier alpha value is -2.41. The van der Waals surface area contributed by atoms with Crippen LogP contribution in [0.3, 0.4) is 0 Å². The van der Waals surface area contributed by atoms with Gasteiger partial charge in [0.15, 0.2) is 10.3 Å². The predicted octanol–water partition coefficient (Wildman–Crippen LogP) is 1.45. The van der Waals surface area contributed by atoms with Crippen molar-refractivity contribution in [2.24, 2.45) is 14.1 Å². The van der Waals surface area contributed by atoms with E-state index in [1.165, 1.54) is 11.6 Å². The Balaban J connectivity index is 2.31. The lowest BCUT2D eigenvalue weighted by molar-refractivity contribution is 0.702. The number of aryl methyl sites for hydroxylation is 2. The Morgan fingerprint density at radius 3 is 2.59 bits per heavy atom. The van der Waals surface area contributed by atoms with Gasteiger partial charge in [-0.15, -0.1) is 0 Å². The molecule has 7 heteroatoms. The normalized spacial score (nSPS) is 11.2. The van der Waals surface area contributed by atoms with Crippen LogP contribution in [0.25, 0.3) is 11.2 Å². The predicted molar refractivity (Wildman–Crippen MR) is 87.9 cm³/mol. The Labute approximate surface area is 131 Å². The van der Waals surface area contributed by atoms with E-state index < -0.39 is 0 Å². The molecule has 2 aromatic heterocycles. The van der Waals surface area contributed by atoms with Crippen molar-refractivity contribution in [1.29, 1.82) is 0 Å². The zero-order valence-electron chi connectivity index (χ0n) is 12.6. The van der Waals surface area contributed by atoms with E-state index in [4.69, 9.17) is 12.2 Å². The summed E-state index contributed by atoms with van der Waals surface area (Å²) in [5, 5.41) is 0. The van der Waals surface area contributed by atoms with Crippen LogP contribution in [0.5, 0.6) is 0 Å². The quantitative estimate of drug-likeness (QED) is 0.728. The molecule has 22 heavy (non-hydrogen) atoms. The fourth-order valence-corrected chi connectivity index (χ4v) is 2.88. The van der Waals surface area contributed by atoms with Gasteiger partial charge in [-0.3, -0.25) is 13.9 Å². The topological polar surface area (TPSA) is 64.7 Å². The highest BCUT2D eigenvalue weighted by molar-refractivity contribution is 7.71. The fraction of sp³-hybridized carbons (Fsp3) is 0.267. The first-order chi connectivity index (χ1) is 10.4. The molecular weight excluding hydrogens is 300 g/mol. The van der Waals surface area contributed by atoms with E-state index in [1.54, 1.807) is 11.6 Å². The second-order valence-electron chi connectivity index (χ2n) is 5.41. The van der Waals surface area contributed by atoms with Gasteiger partial charge in [0.2, 0.25) is 0 Å². The number of nitrogens with zero attached hydrogens (tertiary/aromatic N) is 3. The van der Waals surface area contributed by atoms with Gasteiger partial charge in [-0.05, 0) is 24.7 Å². The molecule has 0 unspecified atom stereocenters. The van der Waals surface area contributed by atoms with Crippen molar-refractivity contribution in [1.82, 2.24) is 18.7 Å². The van der Waals surface area contributed by atoms with Crippen molar-refractivity contribution >= 4 is 23.4 Å². The molecule has 3 rings (SSSR count). The van der Waals surface area contributed by atoms with Gasteiger partial charge in [0, 0.05) is 14.1 Å². The molecule has 0 atom stereocenters. The van der Waals surface area contributed by atoms with Crippen LogP contribution in [0.1, 0.15) is 11.1 Å². The van der Waals surface area contributed by atoms with Crippen LogP contribution in [0, 0.1) is 11.7 Å². The summed E-state index contributed by atoms with van der Waals surface area (Å²) in [4.78, 5) is 27.4. The van der Waals surface area contributed by atoms with Gasteiger partial charge in [-0.2, -0.15) is 0 Å². The number of hydrogen-bond acceptors (Lipinski definition) is 3. The summed E-state index contributed by atoms with van der Waals surface area (Å²) < 4.78 is 4.66. The summed E-state index contributed by atoms with van der Waals surface area (Å²) in [6, 6.07) is 8.02. The van der Waals surface area contributed by atoms with Crippen LogP contribution in [0.2, 0.25) is 0 Å². The van der Waals surface area contributed by atoms with Gasteiger partial charge in [-0.25, -0.2) is 4.79 Å². The molecule has 0 aliphatic heterocycles. The Morgan fingerprint density at radius 1 is 1.18 bits per heavy atom. The summed E-state index contributed by atoms with van der Waals surface area (Å²) in [7, 11) is 3.09. The number of H-pyrrole nitrogens is 1. The van der Waals surface area contributed by atoms with E-state index in [1.807, 2.05) is 31.2 Å². The molecule has 0 saturated carbocycles. The molecule has 0 bridgehead atoms. The Morgan fingerprint density at radius 2 is 1.91 bits per heavy atom. The summed E-state index contributed by atoms with van der Waals surface area (Å²) in [6.07, 6.45) is 0. The number of aromatic amines is 1. The number of aromatic nitrogens is 4. The highest BCUT2D eigenvalue weighted by Gasteiger charge is 2.15. The van der Waals surface area contributed by atoms with Crippen LogP contribution >= 0.6 is 12.2 Å². The lowest BCUT2D eigenvalue weighted by Crippen LogP contribution is -2.37. The van der Waals surface area contributed by atoms with E-state index in [2.05, 4.69) is 4.98 Å². The van der Waals surface area contributed by atoms with E-state index in [0.29, 0.717) is 22.5 Å². The number of nitrogens with one attached hydrogen (secondary N) is 1. The van der Waals surface area contributed by atoms with Crippen LogP contribution in [0.15, 0.2) is 33.9 Å². The second kappa shape index (κ2) is 5.10. The maximum atomic E-state index is 12.5. The average molecular weight is 316 g/mol. The van der Waals surface area contributed by atoms with Crippen LogP contribution in [-0.4, -0.2) is 18.7 Å². The van der Waals surface area contributed by atoms with Gasteiger partial charge >= 0.3 is 5.69 Å². The van der Waals surface area contributed by atoms with Crippen LogP contribution in [0.4, 0.5) is 0 Å². The molecule has 0 spiro atoms.